The fraction of sp³-hybridized carbons (Fsp3) is 0.364. The number of hydrogen-bond donors (Lipinski definition) is 1. The van der Waals surface area contributed by atoms with Crippen LogP contribution >= 0.6 is 0 Å². The van der Waals surface area contributed by atoms with Crippen molar-refractivity contribution in [3.63, 3.8) is 0 Å². The van der Waals surface area contributed by atoms with Crippen LogP contribution in [0, 0.1) is 11.6 Å². The number of rotatable bonds is 10. The lowest BCUT2D eigenvalue weighted by molar-refractivity contribution is -0.139. The molecular weight excluding hydrogens is 454 g/mol. The van der Waals surface area contributed by atoms with Crippen LogP contribution in [-0.4, -0.2) is 62.7 Å². The molecule has 33 heavy (non-hydrogen) atoms. The van der Waals surface area contributed by atoms with Gasteiger partial charge in [-0.2, -0.15) is 12.7 Å². The van der Waals surface area contributed by atoms with Crippen molar-refractivity contribution in [2.75, 3.05) is 31.5 Å². The molecule has 0 aliphatic carbocycles. The van der Waals surface area contributed by atoms with E-state index in [1.165, 1.54) is 62.3 Å². The van der Waals surface area contributed by atoms with Gasteiger partial charge in [0, 0.05) is 27.2 Å². The Morgan fingerprint density at radius 3 is 1.97 bits per heavy atom. The summed E-state index contributed by atoms with van der Waals surface area (Å²) in [5.74, 6) is -2.09. The molecule has 11 heteroatoms. The number of halogens is 2. The van der Waals surface area contributed by atoms with E-state index in [-0.39, 0.29) is 12.2 Å². The minimum Gasteiger partial charge on any atom is -0.355 e. The summed E-state index contributed by atoms with van der Waals surface area (Å²) in [7, 11) is -1.50. The van der Waals surface area contributed by atoms with Crippen LogP contribution < -0.4 is 9.62 Å². The maximum absolute atomic E-state index is 13.4. The number of nitrogens with one attached hydrogen (secondary N) is 1. The van der Waals surface area contributed by atoms with Gasteiger partial charge < -0.3 is 10.2 Å². The van der Waals surface area contributed by atoms with E-state index >= 15 is 0 Å². The summed E-state index contributed by atoms with van der Waals surface area (Å²) < 4.78 is 54.4. The number of benzene rings is 2. The number of carbonyl (C=O) groups excluding carboxylic acids is 2. The van der Waals surface area contributed by atoms with Crippen molar-refractivity contribution in [1.82, 2.24) is 14.5 Å². The van der Waals surface area contributed by atoms with Gasteiger partial charge in [0.1, 0.15) is 24.2 Å². The molecule has 0 saturated carbocycles. The normalized spacial score (nSPS) is 12.3. The number of carbonyl (C=O) groups is 2. The highest BCUT2D eigenvalue weighted by Gasteiger charge is 2.32. The van der Waals surface area contributed by atoms with Crippen LogP contribution in [0.15, 0.2) is 48.5 Å². The number of amides is 2. The largest absolute Gasteiger partial charge is 0.355 e. The third-order valence-corrected chi connectivity index (χ3v) is 6.74. The van der Waals surface area contributed by atoms with E-state index in [2.05, 4.69) is 5.32 Å². The van der Waals surface area contributed by atoms with E-state index < -0.39 is 46.2 Å². The van der Waals surface area contributed by atoms with Crippen molar-refractivity contribution in [2.45, 2.75) is 26.4 Å². The predicted octanol–water partition coefficient (Wildman–Crippen LogP) is 2.13. The predicted molar refractivity (Wildman–Crippen MR) is 121 cm³/mol. The Balaban J connectivity index is 2.43. The van der Waals surface area contributed by atoms with Gasteiger partial charge in [0.25, 0.3) is 0 Å². The molecule has 1 atom stereocenters. The van der Waals surface area contributed by atoms with Gasteiger partial charge in [-0.05, 0) is 55.8 Å². The smallest absolute Gasteiger partial charge is 0.304 e. The first-order valence-corrected chi connectivity index (χ1v) is 11.6. The molecule has 0 fully saturated rings. The van der Waals surface area contributed by atoms with Crippen LogP contribution in [0.2, 0.25) is 0 Å². The third-order valence-electron chi connectivity index (χ3n) is 4.92. The first kappa shape index (κ1) is 26.2. The first-order valence-electron chi connectivity index (χ1n) is 10.2. The summed E-state index contributed by atoms with van der Waals surface area (Å²) in [4.78, 5) is 27.1. The van der Waals surface area contributed by atoms with Gasteiger partial charge in [-0.3, -0.25) is 9.59 Å². The minimum absolute atomic E-state index is 0.0450. The van der Waals surface area contributed by atoms with Crippen LogP contribution in [0.25, 0.3) is 0 Å². The van der Waals surface area contributed by atoms with Crippen LogP contribution in [0.1, 0.15) is 19.4 Å². The summed E-state index contributed by atoms with van der Waals surface area (Å²) in [6.45, 7) is 2.93. The lowest BCUT2D eigenvalue weighted by Crippen LogP contribution is -2.52. The number of anilines is 1. The summed E-state index contributed by atoms with van der Waals surface area (Å²) in [5.41, 5.74) is 0.649. The summed E-state index contributed by atoms with van der Waals surface area (Å²) in [6, 6.07) is 9.17. The average Bonchev–Trinajstić information content (AvgIpc) is 2.77. The number of hydrogen-bond acceptors (Lipinski definition) is 4. The van der Waals surface area contributed by atoms with E-state index in [4.69, 9.17) is 0 Å². The zero-order chi connectivity index (χ0) is 24.8. The minimum atomic E-state index is -4.12. The second kappa shape index (κ2) is 11.2. The maximum Gasteiger partial charge on any atom is 0.304 e. The molecule has 1 unspecified atom stereocenters. The Kier molecular flexibility index (Phi) is 8.89. The van der Waals surface area contributed by atoms with E-state index in [0.717, 1.165) is 20.7 Å². The highest BCUT2D eigenvalue weighted by Crippen LogP contribution is 2.21. The van der Waals surface area contributed by atoms with E-state index in [0.29, 0.717) is 12.1 Å². The molecule has 2 rings (SSSR count). The molecule has 180 valence electrons. The van der Waals surface area contributed by atoms with Crippen molar-refractivity contribution in [1.29, 1.82) is 0 Å². The molecule has 0 bridgehead atoms. The highest BCUT2D eigenvalue weighted by molar-refractivity contribution is 7.90. The van der Waals surface area contributed by atoms with Crippen molar-refractivity contribution in [3.05, 3.63) is 65.7 Å². The summed E-state index contributed by atoms with van der Waals surface area (Å²) >= 11 is 0. The van der Waals surface area contributed by atoms with Gasteiger partial charge in [-0.15, -0.1) is 0 Å². The second-order valence-electron chi connectivity index (χ2n) is 7.49. The highest BCUT2D eigenvalue weighted by atomic mass is 32.2. The SMILES string of the molecule is CCNC(=O)C(C)N(Cc1ccc(F)cc1)C(=O)CN(c1ccc(F)cc1)S(=O)(=O)N(C)C. The zero-order valence-corrected chi connectivity index (χ0v) is 19.8. The van der Waals surface area contributed by atoms with Crippen LogP contribution in [0.5, 0.6) is 0 Å². The topological polar surface area (TPSA) is 90.0 Å². The second-order valence-corrected chi connectivity index (χ2v) is 9.56. The lowest BCUT2D eigenvalue weighted by Gasteiger charge is -2.32. The standard InChI is InChI=1S/C22H28F2N4O4S/c1-5-25-22(30)16(2)27(14-17-6-8-18(23)9-7-17)21(29)15-28(33(31,32)26(3)4)20-12-10-19(24)11-13-20/h6-13,16H,5,14-15H2,1-4H3,(H,25,30). The van der Waals surface area contributed by atoms with Crippen molar-refractivity contribution in [2.24, 2.45) is 0 Å². The molecule has 1 N–H and O–H groups in total. The quantitative estimate of drug-likeness (QED) is 0.562. The van der Waals surface area contributed by atoms with E-state index in [1.807, 2.05) is 0 Å². The molecule has 0 heterocycles. The van der Waals surface area contributed by atoms with Crippen LogP contribution in [0.4, 0.5) is 14.5 Å². The van der Waals surface area contributed by atoms with Gasteiger partial charge in [0.15, 0.2) is 0 Å². The molecule has 0 spiro atoms. The molecule has 2 amide bonds. The van der Waals surface area contributed by atoms with Crippen molar-refractivity contribution < 1.29 is 26.8 Å². The number of nitrogens with zero attached hydrogens (tertiary/aromatic N) is 3. The molecule has 0 aromatic heterocycles. The Hall–Kier alpha value is -3.05. The summed E-state index contributed by atoms with van der Waals surface area (Å²) in [5, 5.41) is 2.64. The van der Waals surface area contributed by atoms with Crippen molar-refractivity contribution in [3.8, 4) is 0 Å². The number of likely N-dealkylation sites (N-methyl/N-ethyl adjacent to an activating group) is 1. The fourth-order valence-corrected chi connectivity index (χ4v) is 4.07. The lowest BCUT2D eigenvalue weighted by atomic mass is 10.1. The van der Waals surface area contributed by atoms with E-state index in [9.17, 15) is 26.8 Å². The third kappa shape index (κ3) is 6.72. The van der Waals surface area contributed by atoms with Crippen LogP contribution in [0.3, 0.4) is 0 Å². The fourth-order valence-electron chi connectivity index (χ4n) is 3.02. The Morgan fingerprint density at radius 1 is 0.970 bits per heavy atom. The van der Waals surface area contributed by atoms with Gasteiger partial charge in [0.05, 0.1) is 5.69 Å². The van der Waals surface area contributed by atoms with Gasteiger partial charge in [-0.1, -0.05) is 12.1 Å². The van der Waals surface area contributed by atoms with Gasteiger partial charge in [0.2, 0.25) is 11.8 Å². The molecule has 8 nitrogen and oxygen atoms in total. The molecule has 0 aliphatic heterocycles. The Morgan fingerprint density at radius 2 is 1.48 bits per heavy atom. The summed E-state index contributed by atoms with van der Waals surface area (Å²) in [6.07, 6.45) is 0. The van der Waals surface area contributed by atoms with Crippen molar-refractivity contribution >= 4 is 27.7 Å². The first-order chi connectivity index (χ1) is 15.5. The monoisotopic (exact) mass is 482 g/mol. The van der Waals surface area contributed by atoms with Gasteiger partial charge in [-0.25, -0.2) is 13.1 Å². The Labute approximate surface area is 193 Å². The zero-order valence-electron chi connectivity index (χ0n) is 19.0. The van der Waals surface area contributed by atoms with Crippen LogP contribution in [-0.2, 0) is 26.3 Å². The molecule has 0 saturated heterocycles. The van der Waals surface area contributed by atoms with E-state index in [1.54, 1.807) is 6.92 Å². The van der Waals surface area contributed by atoms with Gasteiger partial charge >= 0.3 is 10.2 Å². The average molecular weight is 483 g/mol. The maximum atomic E-state index is 13.4. The molecular formula is C22H28F2N4O4S. The molecule has 2 aromatic carbocycles. The molecule has 0 aliphatic rings. The molecule has 2 aromatic rings. The Bertz CT molecular complexity index is 1060. The molecule has 0 radical (unpaired) electrons.